The van der Waals surface area contributed by atoms with E-state index in [1.165, 1.54) is 69.9 Å². The van der Waals surface area contributed by atoms with Gasteiger partial charge in [-0.25, -0.2) is 0 Å². The summed E-state index contributed by atoms with van der Waals surface area (Å²) in [6, 6.07) is 17.2. The van der Waals surface area contributed by atoms with E-state index in [0.29, 0.717) is 42.6 Å². The Balaban J connectivity index is -0.000000247. The van der Waals surface area contributed by atoms with E-state index in [9.17, 15) is 24.0 Å². The number of nitrogens with two attached hydrogens (primary N) is 1. The Morgan fingerprint density at radius 3 is 1.32 bits per heavy atom. The molecule has 4 aliphatic heterocycles. The van der Waals surface area contributed by atoms with Gasteiger partial charge in [-0.1, -0.05) is 230 Å². The highest BCUT2D eigenvalue weighted by Crippen LogP contribution is 2.45. The molecule has 0 radical (unpaired) electrons. The third-order valence-corrected chi connectivity index (χ3v) is 12.7. The van der Waals surface area contributed by atoms with E-state index in [4.69, 9.17) is 43.1 Å². The van der Waals surface area contributed by atoms with Crippen LogP contribution in [0.4, 0.5) is 0 Å². The topological polar surface area (TPSA) is 204 Å². The maximum absolute atomic E-state index is 12.0. The van der Waals surface area contributed by atoms with Gasteiger partial charge in [-0.2, -0.15) is 0 Å². The molecule has 4 heterocycles. The number of likely N-dealkylation sites (tertiary alicyclic amines) is 1. The number of imide groups is 2. The molecule has 6 aliphatic rings. The van der Waals surface area contributed by atoms with Gasteiger partial charge in [-0.15, -0.1) is 31.3 Å². The monoisotopic (exact) mass is 1440 g/mol. The molecule has 2 aromatic rings. The van der Waals surface area contributed by atoms with Crippen molar-refractivity contribution in [1.29, 1.82) is 0 Å². The molecule has 2 aliphatic carbocycles. The zero-order valence-electron chi connectivity index (χ0n) is 66.5. The van der Waals surface area contributed by atoms with Gasteiger partial charge in [0, 0.05) is 69.9 Å². The van der Waals surface area contributed by atoms with Gasteiger partial charge in [-0.05, 0) is 135 Å². The van der Waals surface area contributed by atoms with Crippen molar-refractivity contribution in [3.05, 3.63) is 118 Å². The average Bonchev–Trinajstić information content (AvgIpc) is 1.58. The van der Waals surface area contributed by atoms with Crippen LogP contribution in [0.3, 0.4) is 0 Å². The van der Waals surface area contributed by atoms with Gasteiger partial charge in [0.25, 0.3) is 11.8 Å². The third-order valence-electron chi connectivity index (χ3n) is 12.7. The first kappa shape index (κ1) is 103. The molecule has 2 N–H and O–H groups in total. The van der Waals surface area contributed by atoms with E-state index in [0.717, 1.165) is 25.2 Å². The predicted octanol–water partition coefficient (Wildman–Crippen LogP) is 19.4. The highest BCUT2D eigenvalue weighted by molar-refractivity contribution is 9.09. The summed E-state index contributed by atoms with van der Waals surface area (Å²) in [5, 5.41) is 3.31. The second-order valence-electron chi connectivity index (χ2n) is 25.3. The zero-order chi connectivity index (χ0) is 77.8. The number of benzene rings is 2. The van der Waals surface area contributed by atoms with E-state index in [1.807, 2.05) is 137 Å². The number of hydrogen-bond donors (Lipinski definition) is 1. The number of halogens is 1. The van der Waals surface area contributed by atoms with Gasteiger partial charge in [0.05, 0.1) is 49.0 Å². The molecule has 15 nitrogen and oxygen atoms in total. The largest absolute Gasteiger partial charge is 0.375 e. The number of carbonyl (C=O) groups is 5. The Bertz CT molecular complexity index is 2710. The molecule has 0 aromatic heterocycles. The van der Waals surface area contributed by atoms with Crippen LogP contribution in [0, 0.1) is 78.0 Å². The molecule has 2 saturated heterocycles. The fraction of sp³-hybridized carbons (Fsp3) is 0.627. The van der Waals surface area contributed by atoms with Crippen LogP contribution in [0.15, 0.2) is 90.6 Å². The molecule has 558 valence electrons. The third kappa shape index (κ3) is 52.9. The van der Waals surface area contributed by atoms with Crippen molar-refractivity contribution in [2.75, 3.05) is 19.8 Å². The summed E-state index contributed by atoms with van der Waals surface area (Å²) in [4.78, 5) is 61.5. The Labute approximate surface area is 612 Å². The first-order valence-electron chi connectivity index (χ1n) is 35.9. The lowest BCUT2D eigenvalue weighted by Gasteiger charge is -2.24. The van der Waals surface area contributed by atoms with Gasteiger partial charge < -0.3 is 24.7 Å². The number of primary amides is 1. The lowest BCUT2D eigenvalue weighted by molar-refractivity contribution is -0.144. The van der Waals surface area contributed by atoms with Crippen LogP contribution in [-0.4, -0.2) is 113 Å². The summed E-state index contributed by atoms with van der Waals surface area (Å²) < 4.78 is 20.5. The summed E-state index contributed by atoms with van der Waals surface area (Å²) in [5.74, 6) is 18.4. The fourth-order valence-electron chi connectivity index (χ4n) is 8.34. The van der Waals surface area contributed by atoms with Crippen LogP contribution in [0.5, 0.6) is 0 Å². The van der Waals surface area contributed by atoms with Crippen LogP contribution in [0.25, 0.3) is 10.4 Å². The molecule has 2 bridgehead atoms. The number of nitrogens with zero attached hydrogens (tertiary/aromatic N) is 5. The van der Waals surface area contributed by atoms with Crippen molar-refractivity contribution in [1.82, 2.24) is 9.80 Å². The second-order valence-corrected chi connectivity index (χ2v) is 27.2. The Morgan fingerprint density at radius 1 is 0.657 bits per heavy atom. The quantitative estimate of drug-likeness (QED) is 0.0408. The SMILES string of the molecule is C#CCOC(C)C.C#CCOC(C)C.C1#CCCCCCC1.C=CCOC(C)C.CC.CC.CC.CC(C)Br.CC(C)C.CC(C)C(N)=O.CC(C)C1Cc2ccccc2C#Cc2ccccc21.CC(C)N1C(=O)C2C3C=CC(O3)C2C1=O.CC(C)N1C(=O)C=CC1=O.CC(C)N=[N+]=[N-]. The van der Waals surface area contributed by atoms with Crippen LogP contribution >= 0.6 is 15.9 Å². The minimum atomic E-state index is -0.255. The molecule has 2 fully saturated rings. The summed E-state index contributed by atoms with van der Waals surface area (Å²) in [6.45, 7) is 58.7. The molecule has 0 saturated carbocycles. The molecule has 0 spiro atoms. The van der Waals surface area contributed by atoms with Crippen LogP contribution in [0.1, 0.15) is 254 Å². The maximum atomic E-state index is 12.0. The van der Waals surface area contributed by atoms with E-state index in [-0.39, 0.29) is 89.8 Å². The van der Waals surface area contributed by atoms with Crippen molar-refractivity contribution in [3.63, 3.8) is 0 Å². The second kappa shape index (κ2) is 65.9. The van der Waals surface area contributed by atoms with Crippen molar-refractivity contribution >= 4 is 45.5 Å². The number of hydrogen-bond acceptors (Lipinski definition) is 10. The molecule has 5 unspecified atom stereocenters. The van der Waals surface area contributed by atoms with Crippen LogP contribution < -0.4 is 5.73 Å². The van der Waals surface area contributed by atoms with Gasteiger partial charge in [0.15, 0.2) is 0 Å². The van der Waals surface area contributed by atoms with E-state index >= 15 is 0 Å². The molecule has 5 atom stereocenters. The van der Waals surface area contributed by atoms with E-state index in [2.05, 4.69) is 165 Å². The van der Waals surface area contributed by atoms with Gasteiger partial charge in [0.1, 0.15) is 13.2 Å². The molecule has 99 heavy (non-hydrogen) atoms. The number of alkyl halides is 1. The smallest absolute Gasteiger partial charge is 0.253 e. The van der Waals surface area contributed by atoms with Crippen molar-refractivity contribution < 1.29 is 42.9 Å². The normalized spacial score (nSPS) is 16.9. The summed E-state index contributed by atoms with van der Waals surface area (Å²) in [7, 11) is 0. The summed E-state index contributed by atoms with van der Waals surface area (Å²) in [6.07, 6.45) is 27.3. The molecule has 2 aromatic carbocycles. The van der Waals surface area contributed by atoms with Crippen molar-refractivity contribution in [2.24, 2.45) is 40.4 Å². The number of azide groups is 1. The number of terminal acetylenes is 2. The van der Waals surface area contributed by atoms with Crippen molar-refractivity contribution in [3.8, 4) is 48.4 Å². The van der Waals surface area contributed by atoms with Crippen LogP contribution in [0.2, 0.25) is 0 Å². The number of ether oxygens (including phenoxy) is 4. The summed E-state index contributed by atoms with van der Waals surface area (Å²) in [5.41, 5.74) is 17.6. The number of amides is 5. The molecule has 8 rings (SSSR count). The maximum Gasteiger partial charge on any atom is 0.253 e. The van der Waals surface area contributed by atoms with Gasteiger partial charge in [-0.3, -0.25) is 33.8 Å². The first-order chi connectivity index (χ1) is 46.7. The highest BCUT2D eigenvalue weighted by Gasteiger charge is 2.61. The van der Waals surface area contributed by atoms with Crippen molar-refractivity contribution in [2.45, 2.75) is 291 Å². The Hall–Kier alpha value is -6.72. The van der Waals surface area contributed by atoms with E-state index in [1.54, 1.807) is 19.9 Å². The minimum Gasteiger partial charge on any atom is -0.375 e. The standard InChI is InChI=1S/C19H18.C11H13NO3.C8H12.C7H9NO2.C6H12O.2C6H10O.C4H9NO.C4H10.C3H7Br.C3H7N3.3C2H6/c1-14(2)19-13-17-9-4-3-7-15(17)11-12-16-8-5-6-10-18(16)19;1-5(2)12-10(13)8-6-3-4-7(15-6)9(8)11(12)14;1-2-4-6-8-7-5-3-1;1-5(2)8-6(9)3-4-7(8)10;3*1-4-5-7-6(2)3;1-3(2)4(5)6;1-4(2)3;1-3(2)4;1-3(2)5-6-4;3*1-2/h3-10,14,19H,13H2,1-2H3;3-9H,1-2H3;1-6H2;3-5H,1-2H3;4,6H,1,5H2,2-3H3;2*1,6H,5H2,2-3H3;3H,1-2H3,(H2,5,6);4H,1-3H3;3H,1-2H3;3H,1-2H3;3*1-2H3. The average molecular weight is 1440 g/mol. The van der Waals surface area contributed by atoms with Crippen LogP contribution in [-0.2, 0) is 49.3 Å². The Kier molecular flexibility index (Phi) is 68.7. The minimum absolute atomic E-state index is 0.00926. The van der Waals surface area contributed by atoms with Gasteiger partial charge >= 0.3 is 0 Å². The molecule has 5 amide bonds. The highest BCUT2D eigenvalue weighted by atomic mass is 79.9. The number of rotatable bonds is 12. The van der Waals surface area contributed by atoms with E-state index < -0.39 is 0 Å². The fourth-order valence-corrected chi connectivity index (χ4v) is 8.34. The lowest BCUT2D eigenvalue weighted by Crippen LogP contribution is -2.39. The molecule has 16 heteroatoms. The number of fused-ring (bicyclic) bond motifs is 7. The predicted molar refractivity (Wildman–Crippen MR) is 422 cm³/mol. The molecular weight excluding hydrogens is 1300 g/mol. The Morgan fingerprint density at radius 2 is 1.03 bits per heavy atom. The zero-order valence-corrected chi connectivity index (χ0v) is 68.1. The first-order valence-corrected chi connectivity index (χ1v) is 36.8. The summed E-state index contributed by atoms with van der Waals surface area (Å²) >= 11 is 3.27. The molecular formula is C83H135BrN6O9. The van der Waals surface area contributed by atoms with Gasteiger partial charge in [0.2, 0.25) is 17.7 Å². The number of carbonyl (C=O) groups excluding carboxylic acids is 5. The lowest BCUT2D eigenvalue weighted by atomic mass is 9.79.